The molecule has 0 radical (unpaired) electrons. The molecule has 25 heavy (non-hydrogen) atoms. The molecule has 0 spiro atoms. The number of imide groups is 1. The van der Waals surface area contributed by atoms with E-state index in [1.807, 2.05) is 55.8 Å². The summed E-state index contributed by atoms with van der Waals surface area (Å²) < 4.78 is 2.89. The number of urea groups is 1. The number of nitrogens with one attached hydrogen (secondary N) is 2. The van der Waals surface area contributed by atoms with Gasteiger partial charge in [-0.25, -0.2) is 9.78 Å². The van der Waals surface area contributed by atoms with E-state index in [1.54, 1.807) is 13.1 Å². The Kier molecular flexibility index (Phi) is 6.29. The van der Waals surface area contributed by atoms with E-state index in [0.717, 1.165) is 10.2 Å². The minimum absolute atomic E-state index is 0.364. The second-order valence-electron chi connectivity index (χ2n) is 6.51. The Morgan fingerprint density at radius 2 is 1.88 bits per heavy atom. The number of aromatic nitrogens is 2. The predicted octanol–water partition coefficient (Wildman–Crippen LogP) is 3.74. The maximum Gasteiger partial charge on any atom is 0.321 e. The van der Waals surface area contributed by atoms with Crippen molar-refractivity contribution in [3.63, 3.8) is 0 Å². The van der Waals surface area contributed by atoms with Gasteiger partial charge in [-0.15, -0.1) is 0 Å². The molecule has 2 N–H and O–H groups in total. The van der Waals surface area contributed by atoms with Gasteiger partial charge in [0.25, 0.3) is 0 Å². The van der Waals surface area contributed by atoms with Gasteiger partial charge >= 0.3 is 6.03 Å². The van der Waals surface area contributed by atoms with Crippen molar-refractivity contribution >= 4 is 39.6 Å². The lowest BCUT2D eigenvalue weighted by atomic mass is 10.1. The van der Waals surface area contributed by atoms with Gasteiger partial charge in [0.05, 0.1) is 5.25 Å². The van der Waals surface area contributed by atoms with Gasteiger partial charge in [0.2, 0.25) is 5.91 Å². The summed E-state index contributed by atoms with van der Waals surface area (Å²) in [6.45, 7) is 7.30. The summed E-state index contributed by atoms with van der Waals surface area (Å²) in [6.07, 6.45) is 3.52. The molecular formula is C17H21BrN4O2S. The highest BCUT2D eigenvalue weighted by Gasteiger charge is 2.21. The lowest BCUT2D eigenvalue weighted by Crippen LogP contribution is -2.49. The van der Waals surface area contributed by atoms with Gasteiger partial charge in [0.15, 0.2) is 5.16 Å². The van der Waals surface area contributed by atoms with Crippen LogP contribution in [-0.4, -0.2) is 32.3 Å². The molecular weight excluding hydrogens is 404 g/mol. The highest BCUT2D eigenvalue weighted by Crippen LogP contribution is 2.25. The maximum absolute atomic E-state index is 12.2. The van der Waals surface area contributed by atoms with Crippen LogP contribution in [0.5, 0.6) is 0 Å². The topological polar surface area (TPSA) is 76.0 Å². The molecule has 0 saturated carbocycles. The van der Waals surface area contributed by atoms with Gasteiger partial charge in [-0.2, -0.15) is 0 Å². The highest BCUT2D eigenvalue weighted by atomic mass is 79.9. The number of thioether (sulfide) groups is 1. The van der Waals surface area contributed by atoms with E-state index < -0.39 is 16.8 Å². The van der Waals surface area contributed by atoms with Crippen LogP contribution in [0.2, 0.25) is 0 Å². The fourth-order valence-electron chi connectivity index (χ4n) is 1.97. The Bertz CT molecular complexity index is 753. The molecule has 1 unspecified atom stereocenters. The van der Waals surface area contributed by atoms with Crippen molar-refractivity contribution < 1.29 is 9.59 Å². The van der Waals surface area contributed by atoms with Crippen molar-refractivity contribution in [1.29, 1.82) is 0 Å². The molecule has 8 heteroatoms. The molecule has 1 aromatic carbocycles. The van der Waals surface area contributed by atoms with E-state index in [4.69, 9.17) is 0 Å². The Morgan fingerprint density at radius 3 is 2.48 bits per heavy atom. The van der Waals surface area contributed by atoms with Gasteiger partial charge in [0, 0.05) is 28.1 Å². The number of carbonyl (C=O) groups excluding carboxylic acids is 2. The van der Waals surface area contributed by atoms with Crippen molar-refractivity contribution in [1.82, 2.24) is 20.2 Å². The summed E-state index contributed by atoms with van der Waals surface area (Å²) in [5, 5.41) is 5.27. The molecule has 0 aliphatic heterocycles. The molecule has 0 aliphatic carbocycles. The molecule has 134 valence electrons. The molecule has 1 aromatic heterocycles. The Hall–Kier alpha value is -1.80. The Balaban J connectivity index is 2.02. The first-order chi connectivity index (χ1) is 11.7. The minimum atomic E-state index is -0.499. The van der Waals surface area contributed by atoms with Crippen LogP contribution in [0.3, 0.4) is 0 Å². The quantitative estimate of drug-likeness (QED) is 0.732. The third kappa shape index (κ3) is 5.89. The van der Waals surface area contributed by atoms with E-state index in [0.29, 0.717) is 5.16 Å². The number of halogens is 1. The summed E-state index contributed by atoms with van der Waals surface area (Å²) in [6, 6.07) is 7.29. The third-order valence-corrected chi connectivity index (χ3v) is 4.70. The smallest absolute Gasteiger partial charge is 0.321 e. The second kappa shape index (κ2) is 8.05. The monoisotopic (exact) mass is 424 g/mol. The number of amides is 3. The number of benzene rings is 1. The van der Waals surface area contributed by atoms with Gasteiger partial charge in [-0.05, 0) is 52.0 Å². The molecule has 0 fully saturated rings. The number of imidazole rings is 1. The predicted molar refractivity (Wildman–Crippen MR) is 103 cm³/mol. The summed E-state index contributed by atoms with van der Waals surface area (Å²) in [5.41, 5.74) is 0.541. The van der Waals surface area contributed by atoms with Crippen molar-refractivity contribution in [3.8, 4) is 5.69 Å². The SMILES string of the molecule is CC(Sc1nccn1-c1ccc(Br)cc1)C(=O)NC(=O)NC(C)(C)C. The van der Waals surface area contributed by atoms with Crippen LogP contribution in [0.4, 0.5) is 4.79 Å². The van der Waals surface area contributed by atoms with Crippen LogP contribution in [0.1, 0.15) is 27.7 Å². The van der Waals surface area contributed by atoms with E-state index in [9.17, 15) is 9.59 Å². The number of hydrogen-bond donors (Lipinski definition) is 2. The zero-order valence-electron chi connectivity index (χ0n) is 14.5. The molecule has 0 saturated heterocycles. The minimum Gasteiger partial charge on any atom is -0.333 e. The number of nitrogens with zero attached hydrogens (tertiary/aromatic N) is 2. The van der Waals surface area contributed by atoms with Crippen LogP contribution in [0.25, 0.3) is 5.69 Å². The van der Waals surface area contributed by atoms with E-state index >= 15 is 0 Å². The molecule has 3 amide bonds. The largest absolute Gasteiger partial charge is 0.333 e. The van der Waals surface area contributed by atoms with Crippen molar-refractivity contribution in [2.24, 2.45) is 0 Å². The molecule has 0 bridgehead atoms. The Labute approximate surface area is 159 Å². The summed E-state index contributed by atoms with van der Waals surface area (Å²) >= 11 is 4.70. The van der Waals surface area contributed by atoms with Gasteiger partial charge in [-0.3, -0.25) is 14.7 Å². The van der Waals surface area contributed by atoms with Crippen LogP contribution in [0.15, 0.2) is 46.3 Å². The lowest BCUT2D eigenvalue weighted by Gasteiger charge is -2.21. The molecule has 1 heterocycles. The van der Waals surface area contributed by atoms with Crippen molar-refractivity contribution in [3.05, 3.63) is 41.1 Å². The first-order valence-electron chi connectivity index (χ1n) is 7.75. The summed E-state index contributed by atoms with van der Waals surface area (Å²) in [5.74, 6) is -0.364. The summed E-state index contributed by atoms with van der Waals surface area (Å²) in [4.78, 5) is 28.4. The Morgan fingerprint density at radius 1 is 1.24 bits per heavy atom. The van der Waals surface area contributed by atoms with E-state index in [2.05, 4.69) is 31.5 Å². The van der Waals surface area contributed by atoms with E-state index in [-0.39, 0.29) is 5.91 Å². The van der Waals surface area contributed by atoms with Gasteiger partial charge in [0.1, 0.15) is 0 Å². The number of hydrogen-bond acceptors (Lipinski definition) is 4. The summed E-state index contributed by atoms with van der Waals surface area (Å²) in [7, 11) is 0. The fourth-order valence-corrected chi connectivity index (χ4v) is 3.12. The average Bonchev–Trinajstić information content (AvgIpc) is 2.94. The van der Waals surface area contributed by atoms with Crippen molar-refractivity contribution in [2.75, 3.05) is 0 Å². The fraction of sp³-hybridized carbons (Fsp3) is 0.353. The molecule has 2 aromatic rings. The molecule has 1 atom stereocenters. The van der Waals surface area contributed by atoms with Crippen LogP contribution in [0, 0.1) is 0 Å². The number of rotatable bonds is 4. The average molecular weight is 425 g/mol. The third-order valence-electron chi connectivity index (χ3n) is 3.09. The second-order valence-corrected chi connectivity index (χ2v) is 8.73. The standard InChI is InChI=1S/C17H21BrN4O2S/c1-11(14(23)20-15(24)21-17(2,3)4)25-16-19-9-10-22(16)13-7-5-12(18)6-8-13/h5-11H,1-4H3,(H2,20,21,23,24). The first kappa shape index (κ1) is 19.5. The first-order valence-corrected chi connectivity index (χ1v) is 9.42. The van der Waals surface area contributed by atoms with Gasteiger partial charge in [-0.1, -0.05) is 27.7 Å². The molecule has 2 rings (SSSR count). The van der Waals surface area contributed by atoms with Crippen molar-refractivity contribution in [2.45, 2.75) is 43.6 Å². The molecule has 0 aliphatic rings. The lowest BCUT2D eigenvalue weighted by molar-refractivity contribution is -0.119. The zero-order chi connectivity index (χ0) is 18.6. The maximum atomic E-state index is 12.2. The van der Waals surface area contributed by atoms with Gasteiger partial charge < -0.3 is 5.32 Å². The van der Waals surface area contributed by atoms with Crippen LogP contribution in [-0.2, 0) is 4.79 Å². The van der Waals surface area contributed by atoms with Crippen LogP contribution >= 0.6 is 27.7 Å². The normalized spacial score (nSPS) is 12.5. The van der Waals surface area contributed by atoms with E-state index in [1.165, 1.54) is 11.8 Å². The van der Waals surface area contributed by atoms with Crippen LogP contribution < -0.4 is 10.6 Å². The highest BCUT2D eigenvalue weighted by molar-refractivity contribution is 9.10. The number of carbonyl (C=O) groups is 2. The molecule has 6 nitrogen and oxygen atoms in total. The zero-order valence-corrected chi connectivity index (χ0v) is 16.9.